The molecule has 0 saturated carbocycles. The van der Waals surface area contributed by atoms with Crippen LogP contribution in [0.2, 0.25) is 0 Å². The second kappa shape index (κ2) is 2.43. The van der Waals surface area contributed by atoms with E-state index in [0.29, 0.717) is 0 Å². The van der Waals surface area contributed by atoms with Crippen LogP contribution in [0.5, 0.6) is 0 Å². The van der Waals surface area contributed by atoms with E-state index in [9.17, 15) is 9.59 Å². The van der Waals surface area contributed by atoms with Crippen LogP contribution >= 0.6 is 0 Å². The Kier molecular flexibility index (Phi) is 1.51. The van der Waals surface area contributed by atoms with E-state index in [1.165, 1.54) is 0 Å². The lowest BCUT2D eigenvalue weighted by atomic mass is 9.67. The molecule has 0 N–H and O–H groups in total. The Morgan fingerprint density at radius 2 is 1.93 bits per heavy atom. The average molecular weight is 210 g/mol. The van der Waals surface area contributed by atoms with Crippen molar-refractivity contribution >= 4 is 11.9 Å². The maximum absolute atomic E-state index is 11.6. The Hall–Kier alpha value is -0.900. The van der Waals surface area contributed by atoms with Gasteiger partial charge in [-0.05, 0) is 26.2 Å². The molecule has 2 bridgehead atoms. The van der Waals surface area contributed by atoms with Crippen molar-refractivity contribution in [1.29, 1.82) is 0 Å². The Balaban J connectivity index is 2.11. The van der Waals surface area contributed by atoms with Gasteiger partial charge < -0.3 is 9.47 Å². The Labute approximate surface area is 87.9 Å². The standard InChI is InChI=1S/C11H14O4/c1-3-11-5-4-10(2,15-11)6-7(11)9(13)14-8(6)12/h6-7H,3-5H2,1-2H3/t6-,7+,10?,11?/m1/s1. The van der Waals surface area contributed by atoms with Gasteiger partial charge in [-0.25, -0.2) is 0 Å². The molecule has 0 aliphatic carbocycles. The van der Waals surface area contributed by atoms with E-state index in [1.54, 1.807) is 0 Å². The van der Waals surface area contributed by atoms with Crippen molar-refractivity contribution in [2.45, 2.75) is 44.3 Å². The van der Waals surface area contributed by atoms with Gasteiger partial charge in [0.25, 0.3) is 0 Å². The fourth-order valence-electron chi connectivity index (χ4n) is 3.55. The summed E-state index contributed by atoms with van der Waals surface area (Å²) in [5.41, 5.74) is -0.896. The molecule has 0 aromatic carbocycles. The number of carbonyl (C=O) groups is 2. The molecule has 2 unspecified atom stereocenters. The fourth-order valence-corrected chi connectivity index (χ4v) is 3.55. The van der Waals surface area contributed by atoms with Crippen molar-refractivity contribution in [3.05, 3.63) is 0 Å². The second-order valence-electron chi connectivity index (χ2n) is 5.03. The third kappa shape index (κ3) is 0.869. The summed E-state index contributed by atoms with van der Waals surface area (Å²) < 4.78 is 10.7. The van der Waals surface area contributed by atoms with E-state index >= 15 is 0 Å². The second-order valence-corrected chi connectivity index (χ2v) is 5.03. The van der Waals surface area contributed by atoms with Gasteiger partial charge >= 0.3 is 11.9 Å². The van der Waals surface area contributed by atoms with E-state index in [2.05, 4.69) is 0 Å². The Bertz CT molecular complexity index is 364. The van der Waals surface area contributed by atoms with E-state index < -0.39 is 11.2 Å². The van der Waals surface area contributed by atoms with Gasteiger partial charge in [0.2, 0.25) is 0 Å². The van der Waals surface area contributed by atoms with Crippen LogP contribution in [0, 0.1) is 11.8 Å². The monoisotopic (exact) mass is 210 g/mol. The average Bonchev–Trinajstić information content (AvgIpc) is 2.75. The molecular weight excluding hydrogens is 196 g/mol. The molecule has 4 heteroatoms. The summed E-state index contributed by atoms with van der Waals surface area (Å²) in [7, 11) is 0. The highest BCUT2D eigenvalue weighted by atomic mass is 16.6. The molecular formula is C11H14O4. The van der Waals surface area contributed by atoms with Crippen LogP contribution in [0.15, 0.2) is 0 Å². The lowest BCUT2D eigenvalue weighted by Crippen LogP contribution is -2.41. The summed E-state index contributed by atoms with van der Waals surface area (Å²) >= 11 is 0. The summed E-state index contributed by atoms with van der Waals surface area (Å²) in [4.78, 5) is 23.2. The summed E-state index contributed by atoms with van der Waals surface area (Å²) in [5, 5.41) is 0. The van der Waals surface area contributed by atoms with Gasteiger partial charge in [-0.1, -0.05) is 6.92 Å². The zero-order chi connectivity index (χ0) is 10.8. The zero-order valence-corrected chi connectivity index (χ0v) is 8.91. The SMILES string of the molecule is CCC12CCC(C)(O1)[C@H]1C(=O)OC(=O)[C@H]12. The van der Waals surface area contributed by atoms with E-state index in [1.807, 2.05) is 13.8 Å². The van der Waals surface area contributed by atoms with Crippen LogP contribution in [-0.4, -0.2) is 23.1 Å². The van der Waals surface area contributed by atoms with Crippen LogP contribution in [0.25, 0.3) is 0 Å². The largest absolute Gasteiger partial charge is 0.393 e. The normalized spacial score (nSPS) is 52.1. The molecule has 3 fully saturated rings. The van der Waals surface area contributed by atoms with Crippen molar-refractivity contribution in [1.82, 2.24) is 0 Å². The molecule has 3 heterocycles. The predicted octanol–water partition coefficient (Wildman–Crippen LogP) is 1.03. The van der Waals surface area contributed by atoms with Gasteiger partial charge in [0, 0.05) is 0 Å². The Morgan fingerprint density at radius 1 is 1.27 bits per heavy atom. The van der Waals surface area contributed by atoms with Crippen LogP contribution in [0.1, 0.15) is 33.1 Å². The third-order valence-corrected chi connectivity index (χ3v) is 4.35. The minimum Gasteiger partial charge on any atom is -0.393 e. The highest BCUT2D eigenvalue weighted by Gasteiger charge is 2.72. The quantitative estimate of drug-likeness (QED) is 0.479. The molecule has 0 spiro atoms. The first kappa shape index (κ1) is 9.33. The molecule has 0 radical (unpaired) electrons. The first-order chi connectivity index (χ1) is 7.02. The first-order valence-corrected chi connectivity index (χ1v) is 5.48. The van der Waals surface area contributed by atoms with Gasteiger partial charge in [0.1, 0.15) is 11.8 Å². The first-order valence-electron chi connectivity index (χ1n) is 5.48. The molecule has 3 rings (SSSR count). The smallest absolute Gasteiger partial charge is 0.320 e. The lowest BCUT2D eigenvalue weighted by molar-refractivity contribution is -0.162. The molecule has 82 valence electrons. The van der Waals surface area contributed by atoms with E-state index in [-0.39, 0.29) is 23.8 Å². The maximum atomic E-state index is 11.6. The van der Waals surface area contributed by atoms with E-state index in [4.69, 9.17) is 9.47 Å². The molecule has 3 aliphatic rings. The number of cyclic esters (lactones) is 2. The Morgan fingerprint density at radius 3 is 2.60 bits per heavy atom. The van der Waals surface area contributed by atoms with Crippen molar-refractivity contribution in [2.24, 2.45) is 11.8 Å². The summed E-state index contributed by atoms with van der Waals surface area (Å²) in [5.74, 6) is -1.48. The molecule has 0 aromatic heterocycles. The summed E-state index contributed by atoms with van der Waals surface area (Å²) in [6.45, 7) is 3.93. The molecule has 15 heavy (non-hydrogen) atoms. The molecule has 0 amide bonds. The van der Waals surface area contributed by atoms with Gasteiger partial charge in [0.15, 0.2) is 0 Å². The molecule has 3 saturated heterocycles. The highest BCUT2D eigenvalue weighted by Crippen LogP contribution is 2.61. The lowest BCUT2D eigenvalue weighted by Gasteiger charge is -2.28. The van der Waals surface area contributed by atoms with Crippen LogP contribution in [-0.2, 0) is 19.1 Å². The van der Waals surface area contributed by atoms with Crippen molar-refractivity contribution in [3.8, 4) is 0 Å². The minimum absolute atomic E-state index is 0.353. The summed E-state index contributed by atoms with van der Waals surface area (Å²) in [6, 6.07) is 0. The minimum atomic E-state index is -0.468. The number of esters is 2. The number of rotatable bonds is 1. The number of fused-ring (bicyclic) bond motifs is 5. The predicted molar refractivity (Wildman–Crippen MR) is 49.8 cm³/mol. The third-order valence-electron chi connectivity index (χ3n) is 4.35. The van der Waals surface area contributed by atoms with Gasteiger partial charge in [-0.15, -0.1) is 0 Å². The van der Waals surface area contributed by atoms with Gasteiger partial charge in [-0.3, -0.25) is 9.59 Å². The highest BCUT2D eigenvalue weighted by molar-refractivity contribution is 5.98. The van der Waals surface area contributed by atoms with Crippen LogP contribution in [0.4, 0.5) is 0 Å². The number of hydrogen-bond donors (Lipinski definition) is 0. The molecule has 0 aromatic rings. The molecule has 3 aliphatic heterocycles. The molecule has 4 nitrogen and oxygen atoms in total. The van der Waals surface area contributed by atoms with Crippen molar-refractivity contribution in [3.63, 3.8) is 0 Å². The van der Waals surface area contributed by atoms with Crippen LogP contribution < -0.4 is 0 Å². The van der Waals surface area contributed by atoms with Gasteiger partial charge in [-0.2, -0.15) is 0 Å². The fraction of sp³-hybridized carbons (Fsp3) is 0.818. The van der Waals surface area contributed by atoms with E-state index in [0.717, 1.165) is 19.3 Å². The van der Waals surface area contributed by atoms with Crippen LogP contribution in [0.3, 0.4) is 0 Å². The summed E-state index contributed by atoms with van der Waals surface area (Å²) in [6.07, 6.45) is 2.49. The number of carbonyl (C=O) groups excluding carboxylic acids is 2. The number of ether oxygens (including phenoxy) is 2. The number of hydrogen-bond acceptors (Lipinski definition) is 4. The molecule has 4 atom stereocenters. The van der Waals surface area contributed by atoms with Crippen molar-refractivity contribution in [2.75, 3.05) is 0 Å². The topological polar surface area (TPSA) is 52.6 Å². The zero-order valence-electron chi connectivity index (χ0n) is 8.91. The van der Waals surface area contributed by atoms with Gasteiger partial charge in [0.05, 0.1) is 11.2 Å². The maximum Gasteiger partial charge on any atom is 0.320 e. The van der Waals surface area contributed by atoms with Crippen molar-refractivity contribution < 1.29 is 19.1 Å².